The Morgan fingerprint density at radius 1 is 1.05 bits per heavy atom. The Morgan fingerprint density at radius 2 is 1.65 bits per heavy atom. The van der Waals surface area contributed by atoms with Gasteiger partial charge < -0.3 is 5.11 Å². The molecule has 0 aliphatic heterocycles. The molecule has 0 amide bonds. The highest BCUT2D eigenvalue weighted by Gasteiger charge is 2.46. The number of benzene rings is 1. The maximum absolute atomic E-state index is 11.2. The van der Waals surface area contributed by atoms with E-state index in [0.717, 1.165) is 24.0 Å². The van der Waals surface area contributed by atoms with E-state index in [2.05, 4.69) is 35.9 Å². The predicted molar refractivity (Wildman–Crippen MR) is 78.3 cm³/mol. The van der Waals surface area contributed by atoms with Crippen LogP contribution in [0.15, 0.2) is 43.0 Å². The Labute approximate surface area is 119 Å². The van der Waals surface area contributed by atoms with Crippen LogP contribution >= 0.6 is 0 Å². The molecule has 1 N–H and O–H groups in total. The number of hydrogen-bond donors (Lipinski definition) is 1. The van der Waals surface area contributed by atoms with Gasteiger partial charge in [0.25, 0.3) is 0 Å². The molecule has 1 heterocycles. The van der Waals surface area contributed by atoms with Gasteiger partial charge in [-0.05, 0) is 35.8 Å². The minimum absolute atomic E-state index is 0.276. The minimum Gasteiger partial charge on any atom is -0.380 e. The normalized spacial score (nSPS) is 18.0. The van der Waals surface area contributed by atoms with Crippen LogP contribution in [0.2, 0.25) is 0 Å². The van der Waals surface area contributed by atoms with Gasteiger partial charge in [-0.2, -0.15) is 0 Å². The Hall–Kier alpha value is -1.74. The van der Waals surface area contributed by atoms with Crippen molar-refractivity contribution in [3.8, 4) is 0 Å². The first kappa shape index (κ1) is 13.3. The van der Waals surface area contributed by atoms with E-state index in [4.69, 9.17) is 0 Å². The summed E-state index contributed by atoms with van der Waals surface area (Å²) in [6, 6.07) is 8.30. The van der Waals surface area contributed by atoms with Gasteiger partial charge >= 0.3 is 0 Å². The fourth-order valence-electron chi connectivity index (χ4n) is 2.76. The van der Waals surface area contributed by atoms with Crippen molar-refractivity contribution in [2.75, 3.05) is 0 Å². The third-order valence-electron chi connectivity index (χ3n) is 4.19. The Kier molecular flexibility index (Phi) is 3.30. The van der Waals surface area contributed by atoms with Crippen molar-refractivity contribution in [2.24, 2.45) is 5.92 Å². The summed E-state index contributed by atoms with van der Waals surface area (Å²) in [5.41, 5.74) is 2.08. The van der Waals surface area contributed by atoms with Gasteiger partial charge in [0.05, 0.1) is 0 Å². The molecule has 1 aromatic carbocycles. The highest BCUT2D eigenvalue weighted by Crippen LogP contribution is 2.49. The van der Waals surface area contributed by atoms with E-state index in [0.29, 0.717) is 5.92 Å². The predicted octanol–water partition coefficient (Wildman–Crippen LogP) is 3.25. The molecule has 0 saturated heterocycles. The van der Waals surface area contributed by atoms with Crippen LogP contribution in [0.3, 0.4) is 0 Å². The highest BCUT2D eigenvalue weighted by atomic mass is 16.3. The monoisotopic (exact) mass is 268 g/mol. The van der Waals surface area contributed by atoms with Gasteiger partial charge in [0.1, 0.15) is 11.9 Å². The number of rotatable bonds is 4. The fourth-order valence-corrected chi connectivity index (χ4v) is 2.76. The second kappa shape index (κ2) is 4.98. The zero-order chi connectivity index (χ0) is 14.2. The lowest BCUT2D eigenvalue weighted by molar-refractivity contribution is 0.0557. The minimum atomic E-state index is -0.948. The van der Waals surface area contributed by atoms with Crippen LogP contribution in [0.5, 0.6) is 0 Å². The molecule has 3 nitrogen and oxygen atoms in total. The van der Waals surface area contributed by atoms with E-state index >= 15 is 0 Å². The Morgan fingerprint density at radius 3 is 2.15 bits per heavy atom. The molecule has 1 aliphatic carbocycles. The average Bonchev–Trinajstić information content (AvgIpc) is 3.32. The Bertz CT molecular complexity index is 576. The highest BCUT2D eigenvalue weighted by molar-refractivity contribution is 5.38. The second-order valence-electron chi connectivity index (χ2n) is 5.94. The van der Waals surface area contributed by atoms with Crippen molar-refractivity contribution in [1.29, 1.82) is 0 Å². The van der Waals surface area contributed by atoms with Crippen molar-refractivity contribution >= 4 is 0 Å². The summed E-state index contributed by atoms with van der Waals surface area (Å²) < 4.78 is 0. The van der Waals surface area contributed by atoms with Crippen molar-refractivity contribution in [2.45, 2.75) is 38.2 Å². The van der Waals surface area contributed by atoms with E-state index < -0.39 is 5.60 Å². The largest absolute Gasteiger partial charge is 0.380 e. The van der Waals surface area contributed by atoms with Crippen LogP contribution in [0.25, 0.3) is 0 Å². The number of aliphatic hydroxyl groups is 1. The maximum atomic E-state index is 11.2. The van der Waals surface area contributed by atoms with Gasteiger partial charge in [-0.1, -0.05) is 38.1 Å². The lowest BCUT2D eigenvalue weighted by Crippen LogP contribution is -2.30. The molecule has 3 heteroatoms. The number of nitrogens with zero attached hydrogens (tertiary/aromatic N) is 2. The summed E-state index contributed by atoms with van der Waals surface area (Å²) in [5.74, 6) is 0.775. The zero-order valence-electron chi connectivity index (χ0n) is 12.0. The molecule has 1 fully saturated rings. The topological polar surface area (TPSA) is 46.0 Å². The first-order valence-corrected chi connectivity index (χ1v) is 7.20. The summed E-state index contributed by atoms with van der Waals surface area (Å²) in [5, 5.41) is 11.2. The summed E-state index contributed by atoms with van der Waals surface area (Å²) in [7, 11) is 0. The molecule has 1 atom stereocenters. The van der Waals surface area contributed by atoms with E-state index in [-0.39, 0.29) is 5.92 Å². The molecular weight excluding hydrogens is 248 g/mol. The quantitative estimate of drug-likeness (QED) is 0.926. The van der Waals surface area contributed by atoms with Gasteiger partial charge in [-0.15, -0.1) is 0 Å². The summed E-state index contributed by atoms with van der Waals surface area (Å²) in [6.07, 6.45) is 7.05. The molecule has 0 radical (unpaired) electrons. The molecule has 1 aromatic heterocycles. The molecule has 1 saturated carbocycles. The van der Waals surface area contributed by atoms with Crippen molar-refractivity contribution < 1.29 is 5.11 Å². The van der Waals surface area contributed by atoms with Crippen molar-refractivity contribution in [1.82, 2.24) is 9.97 Å². The van der Waals surface area contributed by atoms with Crippen LogP contribution < -0.4 is 0 Å². The molecule has 0 bridgehead atoms. The smallest absolute Gasteiger partial charge is 0.120 e. The maximum Gasteiger partial charge on any atom is 0.120 e. The van der Waals surface area contributed by atoms with Crippen LogP contribution in [0, 0.1) is 5.92 Å². The zero-order valence-corrected chi connectivity index (χ0v) is 12.0. The summed E-state index contributed by atoms with van der Waals surface area (Å²) in [6.45, 7) is 4.35. The van der Waals surface area contributed by atoms with Crippen LogP contribution in [0.1, 0.15) is 49.3 Å². The second-order valence-corrected chi connectivity index (χ2v) is 5.94. The van der Waals surface area contributed by atoms with Gasteiger partial charge in [-0.25, -0.2) is 9.97 Å². The molecule has 2 aromatic rings. The van der Waals surface area contributed by atoms with Gasteiger partial charge in [0.15, 0.2) is 0 Å². The third kappa shape index (κ3) is 2.22. The SMILES string of the molecule is CC(C)c1ccc(C(O)(c2cncnc2)C2CC2)cc1. The molecule has 1 unspecified atom stereocenters. The lowest BCUT2D eigenvalue weighted by atomic mass is 9.83. The number of hydrogen-bond acceptors (Lipinski definition) is 3. The van der Waals surface area contributed by atoms with E-state index in [1.54, 1.807) is 12.4 Å². The molecule has 20 heavy (non-hydrogen) atoms. The lowest BCUT2D eigenvalue weighted by Gasteiger charge is -2.29. The van der Waals surface area contributed by atoms with Crippen LogP contribution in [0.4, 0.5) is 0 Å². The van der Waals surface area contributed by atoms with E-state index in [9.17, 15) is 5.11 Å². The van der Waals surface area contributed by atoms with E-state index in [1.165, 1.54) is 11.9 Å². The third-order valence-corrected chi connectivity index (χ3v) is 4.19. The molecule has 3 rings (SSSR count). The number of aromatic nitrogens is 2. The molecule has 0 spiro atoms. The standard InChI is InChI=1S/C17H20N2O/c1-12(2)13-3-5-14(6-4-13)17(20,15-7-8-15)16-9-18-11-19-10-16/h3-6,9-12,15,20H,7-8H2,1-2H3. The first-order valence-electron chi connectivity index (χ1n) is 7.20. The van der Waals surface area contributed by atoms with Crippen molar-refractivity contribution in [3.63, 3.8) is 0 Å². The summed E-state index contributed by atoms with van der Waals surface area (Å²) in [4.78, 5) is 8.12. The fraction of sp³-hybridized carbons (Fsp3) is 0.412. The van der Waals surface area contributed by atoms with Gasteiger partial charge in [0.2, 0.25) is 0 Å². The molecule has 1 aliphatic rings. The van der Waals surface area contributed by atoms with E-state index in [1.807, 2.05) is 12.1 Å². The van der Waals surface area contributed by atoms with Gasteiger partial charge in [0, 0.05) is 18.0 Å². The molecular formula is C17H20N2O. The van der Waals surface area contributed by atoms with Crippen LogP contribution in [-0.4, -0.2) is 15.1 Å². The first-order chi connectivity index (χ1) is 9.62. The average molecular weight is 268 g/mol. The summed E-state index contributed by atoms with van der Waals surface area (Å²) >= 11 is 0. The molecule has 104 valence electrons. The van der Waals surface area contributed by atoms with Gasteiger partial charge in [-0.3, -0.25) is 0 Å². The Balaban J connectivity index is 2.03. The van der Waals surface area contributed by atoms with Crippen LogP contribution in [-0.2, 0) is 5.60 Å². The van der Waals surface area contributed by atoms with Crippen molar-refractivity contribution in [3.05, 3.63) is 59.7 Å².